The van der Waals surface area contributed by atoms with Crippen LogP contribution in [-0.2, 0) is 4.57 Å². The monoisotopic (exact) mass is 152 g/mol. The van der Waals surface area contributed by atoms with Crippen LogP contribution in [0.2, 0.25) is 0 Å². The minimum atomic E-state index is -3.54. The second-order valence-corrected chi connectivity index (χ2v) is 3.39. The van der Waals surface area contributed by atoms with Crippen LogP contribution in [0.25, 0.3) is 0 Å². The molecule has 0 heterocycles. The molecule has 3 N–H and O–H groups in total. The predicted octanol–water partition coefficient (Wildman–Crippen LogP) is -1.76. The summed E-state index contributed by atoms with van der Waals surface area (Å²) in [5.41, 5.74) is 0. The molecule has 0 aliphatic heterocycles. The molecule has 0 aromatic carbocycles. The fourth-order valence-electron chi connectivity index (χ4n) is 0.0447. The molecule has 0 amide bonds. The van der Waals surface area contributed by atoms with E-state index in [2.05, 4.69) is 0 Å². The van der Waals surface area contributed by atoms with E-state index in [1.807, 2.05) is 0 Å². The molecule has 0 spiro atoms. The third-order valence-electron chi connectivity index (χ3n) is 0.442. The van der Waals surface area contributed by atoms with Crippen LogP contribution in [0, 0.1) is 0 Å². The van der Waals surface area contributed by atoms with Gasteiger partial charge in [0, 0.05) is 0 Å². The second kappa shape index (κ2) is 4.73. The van der Waals surface area contributed by atoms with E-state index in [4.69, 9.17) is 15.1 Å². The molecule has 6 heteroatoms. The Morgan fingerprint density at radius 1 is 1.25 bits per heavy atom. The van der Waals surface area contributed by atoms with Crippen molar-refractivity contribution in [1.29, 1.82) is 0 Å². The smallest absolute Gasteiger partial charge is 0.316 e. The van der Waals surface area contributed by atoms with E-state index in [1.165, 1.54) is 0 Å². The standard InChI is InChI=1S/C2H7O4P.Mg.2H/c3-1-7(5,6)2-4;;;/h3-4H,1-2H2,(H,5,6);;;. The Hall–Kier alpha value is 0.876. The zero-order chi connectivity index (χ0) is 5.91. The van der Waals surface area contributed by atoms with Gasteiger partial charge in [0.05, 0.1) is 0 Å². The summed E-state index contributed by atoms with van der Waals surface area (Å²) in [5.74, 6) is 0. The van der Waals surface area contributed by atoms with E-state index in [0.29, 0.717) is 0 Å². The van der Waals surface area contributed by atoms with Crippen LogP contribution in [0.4, 0.5) is 0 Å². The van der Waals surface area contributed by atoms with E-state index in [-0.39, 0.29) is 23.1 Å². The fourth-order valence-corrected chi connectivity index (χ4v) is 0.134. The summed E-state index contributed by atoms with van der Waals surface area (Å²) < 4.78 is 10.0. The summed E-state index contributed by atoms with van der Waals surface area (Å²) in [7, 11) is -3.54. The molecule has 0 radical (unpaired) electrons. The summed E-state index contributed by atoms with van der Waals surface area (Å²) in [5, 5.41) is 15.8. The molecule has 48 valence electrons. The van der Waals surface area contributed by atoms with Crippen molar-refractivity contribution in [3.05, 3.63) is 0 Å². The minimum Gasteiger partial charge on any atom is -0.386 e. The molecule has 8 heavy (non-hydrogen) atoms. The number of hydrogen-bond donors (Lipinski definition) is 3. The molecule has 0 saturated carbocycles. The first-order valence-corrected chi connectivity index (χ1v) is 3.68. The number of hydrogen-bond acceptors (Lipinski definition) is 3. The highest BCUT2D eigenvalue weighted by Gasteiger charge is 2.12. The van der Waals surface area contributed by atoms with Crippen molar-refractivity contribution in [1.82, 2.24) is 0 Å². The van der Waals surface area contributed by atoms with Gasteiger partial charge in [0.25, 0.3) is 0 Å². The quantitative estimate of drug-likeness (QED) is 0.324. The molecule has 0 aliphatic rings. The molecule has 0 aliphatic carbocycles. The molecule has 0 fully saturated rings. The van der Waals surface area contributed by atoms with Crippen molar-refractivity contribution in [3.8, 4) is 0 Å². The number of aliphatic hydroxyl groups excluding tert-OH is 2. The van der Waals surface area contributed by atoms with Crippen LogP contribution in [0.15, 0.2) is 0 Å². The van der Waals surface area contributed by atoms with Gasteiger partial charge in [-0.2, -0.15) is 0 Å². The van der Waals surface area contributed by atoms with Crippen LogP contribution in [-0.4, -0.2) is 50.9 Å². The van der Waals surface area contributed by atoms with E-state index in [0.717, 1.165) is 0 Å². The van der Waals surface area contributed by atoms with E-state index in [9.17, 15) is 4.57 Å². The van der Waals surface area contributed by atoms with Crippen molar-refractivity contribution < 1.29 is 19.7 Å². The molecule has 0 atom stereocenters. The minimum absolute atomic E-state index is 0. The van der Waals surface area contributed by atoms with Gasteiger partial charge in [0.1, 0.15) is 12.7 Å². The molecule has 0 unspecified atom stereocenters. The zero-order valence-electron chi connectivity index (χ0n) is 3.61. The van der Waals surface area contributed by atoms with Crippen LogP contribution in [0.5, 0.6) is 0 Å². The van der Waals surface area contributed by atoms with Gasteiger partial charge >= 0.3 is 23.1 Å². The normalized spacial score (nSPS) is 10.4. The molecule has 4 nitrogen and oxygen atoms in total. The zero-order valence-corrected chi connectivity index (χ0v) is 4.51. The van der Waals surface area contributed by atoms with Crippen LogP contribution < -0.4 is 0 Å². The van der Waals surface area contributed by atoms with Crippen LogP contribution >= 0.6 is 7.37 Å². The van der Waals surface area contributed by atoms with Gasteiger partial charge in [0.15, 0.2) is 0 Å². The van der Waals surface area contributed by atoms with Gasteiger partial charge in [-0.25, -0.2) is 0 Å². The molecule has 0 aromatic rings. The Labute approximate surface area is 63.1 Å². The lowest BCUT2D eigenvalue weighted by atomic mass is 11.7. The number of rotatable bonds is 2. The summed E-state index contributed by atoms with van der Waals surface area (Å²) in [4.78, 5) is 8.19. The largest absolute Gasteiger partial charge is 0.386 e. The van der Waals surface area contributed by atoms with Crippen LogP contribution in [0.3, 0.4) is 0 Å². The molecule has 0 rings (SSSR count). The molecular formula is C2H9MgO4P. The summed E-state index contributed by atoms with van der Waals surface area (Å²) in [6.45, 7) is 0. The third kappa shape index (κ3) is 5.02. The topological polar surface area (TPSA) is 77.8 Å². The Balaban J connectivity index is 0. The van der Waals surface area contributed by atoms with Crippen LogP contribution in [0.1, 0.15) is 0 Å². The van der Waals surface area contributed by atoms with Gasteiger partial charge < -0.3 is 15.1 Å². The van der Waals surface area contributed by atoms with Crippen molar-refractivity contribution in [2.45, 2.75) is 0 Å². The first-order valence-electron chi connectivity index (χ1n) is 1.65. The summed E-state index contributed by atoms with van der Waals surface area (Å²) >= 11 is 0. The highest BCUT2D eigenvalue weighted by molar-refractivity contribution is 7.57. The van der Waals surface area contributed by atoms with Gasteiger partial charge in [-0.3, -0.25) is 4.57 Å². The molecular weight excluding hydrogens is 143 g/mol. The molecule has 0 bridgehead atoms. The van der Waals surface area contributed by atoms with Gasteiger partial charge in [-0.05, 0) is 0 Å². The average Bonchev–Trinajstić information content (AvgIpc) is 1.68. The Kier molecular flexibility index (Phi) is 6.88. The fraction of sp³-hybridized carbons (Fsp3) is 1.00. The highest BCUT2D eigenvalue weighted by Crippen LogP contribution is 2.36. The van der Waals surface area contributed by atoms with Gasteiger partial charge in [-0.15, -0.1) is 0 Å². The maximum absolute atomic E-state index is 10.0. The van der Waals surface area contributed by atoms with E-state index >= 15 is 0 Å². The second-order valence-electron chi connectivity index (χ2n) is 1.13. The van der Waals surface area contributed by atoms with Gasteiger partial charge in [0.2, 0.25) is 7.37 Å². The average molecular weight is 152 g/mol. The number of aliphatic hydroxyl groups is 2. The van der Waals surface area contributed by atoms with Crippen molar-refractivity contribution in [2.75, 3.05) is 12.7 Å². The van der Waals surface area contributed by atoms with E-state index < -0.39 is 20.1 Å². The van der Waals surface area contributed by atoms with Crippen molar-refractivity contribution in [2.24, 2.45) is 0 Å². The van der Waals surface area contributed by atoms with Crippen molar-refractivity contribution in [3.63, 3.8) is 0 Å². The first kappa shape index (κ1) is 11.6. The van der Waals surface area contributed by atoms with E-state index in [1.54, 1.807) is 0 Å². The molecule has 0 aromatic heterocycles. The molecule has 0 saturated heterocycles. The lowest BCUT2D eigenvalue weighted by Gasteiger charge is -1.99. The lowest BCUT2D eigenvalue weighted by Crippen LogP contribution is -1.90. The lowest BCUT2D eigenvalue weighted by molar-refractivity contribution is 0.293. The Bertz CT molecular complexity index is 86.0. The summed E-state index contributed by atoms with van der Waals surface area (Å²) in [6, 6.07) is 0. The third-order valence-corrected chi connectivity index (χ3v) is 1.33. The van der Waals surface area contributed by atoms with Crippen molar-refractivity contribution >= 4 is 30.4 Å². The maximum Gasteiger partial charge on any atom is 0.316 e. The highest BCUT2D eigenvalue weighted by atomic mass is 31.2. The maximum atomic E-state index is 10.0. The summed E-state index contributed by atoms with van der Waals surface area (Å²) in [6.07, 6.45) is -1.69. The Morgan fingerprint density at radius 2 is 1.50 bits per heavy atom. The van der Waals surface area contributed by atoms with Gasteiger partial charge in [-0.1, -0.05) is 0 Å². The first-order chi connectivity index (χ1) is 3.12. The Morgan fingerprint density at radius 3 is 1.50 bits per heavy atom. The predicted molar refractivity (Wildman–Crippen MR) is 32.5 cm³/mol. The SMILES string of the molecule is O=P(O)(CO)CO.[MgH2].